The third-order valence-electron chi connectivity index (χ3n) is 5.27. The van der Waals surface area contributed by atoms with Gasteiger partial charge in [0.25, 0.3) is 0 Å². The fourth-order valence-corrected chi connectivity index (χ4v) is 3.82. The van der Waals surface area contributed by atoms with E-state index < -0.39 is 11.9 Å². The van der Waals surface area contributed by atoms with Crippen molar-refractivity contribution in [2.45, 2.75) is 63.5 Å². The number of alkyl halides is 3. The molecule has 4 heteroatoms. The van der Waals surface area contributed by atoms with Crippen molar-refractivity contribution in [3.63, 3.8) is 0 Å². The lowest BCUT2D eigenvalue weighted by molar-refractivity contribution is -0.141. The van der Waals surface area contributed by atoms with Crippen molar-refractivity contribution >= 4 is 0 Å². The minimum absolute atomic E-state index is 0.324. The van der Waals surface area contributed by atoms with Crippen LogP contribution >= 0.6 is 0 Å². The second-order valence-corrected chi connectivity index (χ2v) is 7.01. The summed E-state index contributed by atoms with van der Waals surface area (Å²) >= 11 is 0. The van der Waals surface area contributed by atoms with Crippen molar-refractivity contribution in [2.24, 2.45) is 0 Å². The summed E-state index contributed by atoms with van der Waals surface area (Å²) in [5.74, 6) is 0.889. The third-order valence-corrected chi connectivity index (χ3v) is 5.27. The van der Waals surface area contributed by atoms with E-state index in [0.29, 0.717) is 11.8 Å². The zero-order valence-electron chi connectivity index (χ0n) is 14.5. The van der Waals surface area contributed by atoms with Crippen molar-refractivity contribution in [2.75, 3.05) is 0 Å². The van der Waals surface area contributed by atoms with Crippen LogP contribution in [0.2, 0.25) is 0 Å². The van der Waals surface area contributed by atoms with Gasteiger partial charge in [-0.15, -0.1) is 0 Å². The van der Waals surface area contributed by atoms with E-state index in [1.807, 2.05) is 0 Å². The Morgan fingerprint density at radius 2 is 1.44 bits per heavy atom. The number of halogens is 3. The number of hydrogen-bond acceptors (Lipinski definition) is 1. The van der Waals surface area contributed by atoms with Crippen LogP contribution < -0.4 is 0 Å². The smallest absolute Gasteiger partial charge is 0.251 e. The van der Waals surface area contributed by atoms with E-state index in [2.05, 4.69) is 36.2 Å². The van der Waals surface area contributed by atoms with Gasteiger partial charge in [-0.05, 0) is 66.7 Å². The number of rotatable bonds is 4. The highest BCUT2D eigenvalue weighted by atomic mass is 19.4. The van der Waals surface area contributed by atoms with E-state index in [4.69, 9.17) is 0 Å². The molecule has 0 radical (unpaired) electrons. The summed E-state index contributed by atoms with van der Waals surface area (Å²) in [7, 11) is 0. The maximum absolute atomic E-state index is 12.6. The number of aromatic nitrogens is 1. The molecule has 1 fully saturated rings. The minimum atomic E-state index is -4.36. The van der Waals surface area contributed by atoms with Gasteiger partial charge in [0, 0.05) is 6.20 Å². The first-order chi connectivity index (χ1) is 12.0. The quantitative estimate of drug-likeness (QED) is 0.615. The Hall–Kier alpha value is -1.84. The van der Waals surface area contributed by atoms with Gasteiger partial charge in [0.2, 0.25) is 0 Å². The summed E-state index contributed by atoms with van der Waals surface area (Å²) in [4.78, 5) is 3.60. The van der Waals surface area contributed by atoms with Crippen LogP contribution in [-0.2, 0) is 12.6 Å². The molecule has 134 valence electrons. The average molecular weight is 347 g/mol. The van der Waals surface area contributed by atoms with Gasteiger partial charge in [0.05, 0.1) is 0 Å². The van der Waals surface area contributed by atoms with Crippen LogP contribution in [0.3, 0.4) is 0 Å². The average Bonchev–Trinajstić information content (AvgIpc) is 2.62. The molecule has 0 atom stereocenters. The molecule has 0 spiro atoms. The highest BCUT2D eigenvalue weighted by Crippen LogP contribution is 2.40. The zero-order chi connectivity index (χ0) is 17.9. The molecular weight excluding hydrogens is 323 g/mol. The first-order valence-corrected chi connectivity index (χ1v) is 9.09. The summed E-state index contributed by atoms with van der Waals surface area (Å²) in [6.45, 7) is 2.19. The Morgan fingerprint density at radius 3 is 1.92 bits per heavy atom. The van der Waals surface area contributed by atoms with E-state index in [1.165, 1.54) is 17.3 Å². The molecule has 1 aliphatic carbocycles. The van der Waals surface area contributed by atoms with Crippen LogP contribution in [-0.4, -0.2) is 4.98 Å². The van der Waals surface area contributed by atoms with Crippen molar-refractivity contribution in [3.8, 4) is 0 Å². The highest BCUT2D eigenvalue weighted by molar-refractivity contribution is 5.27. The molecule has 3 rings (SSSR count). The van der Waals surface area contributed by atoms with Crippen molar-refractivity contribution < 1.29 is 13.2 Å². The molecule has 0 saturated heterocycles. The molecule has 2 aromatic rings. The molecule has 1 heterocycles. The Bertz CT molecular complexity index is 666. The normalized spacial score (nSPS) is 21.3. The largest absolute Gasteiger partial charge is 0.433 e. The number of nitrogens with zero attached hydrogens (tertiary/aromatic N) is 1. The monoisotopic (exact) mass is 347 g/mol. The Labute approximate surface area is 147 Å². The Balaban J connectivity index is 1.59. The van der Waals surface area contributed by atoms with E-state index in [1.54, 1.807) is 6.07 Å². The second kappa shape index (κ2) is 7.59. The molecule has 0 bridgehead atoms. The van der Waals surface area contributed by atoms with Crippen molar-refractivity contribution in [1.82, 2.24) is 4.98 Å². The fourth-order valence-electron chi connectivity index (χ4n) is 3.82. The maximum Gasteiger partial charge on any atom is 0.433 e. The fraction of sp³-hybridized carbons (Fsp3) is 0.476. The number of benzene rings is 1. The van der Waals surface area contributed by atoms with Gasteiger partial charge in [0.15, 0.2) is 0 Å². The zero-order valence-corrected chi connectivity index (χ0v) is 14.5. The molecule has 0 amide bonds. The first kappa shape index (κ1) is 18.0. The summed E-state index contributed by atoms with van der Waals surface area (Å²) in [6.07, 6.45) is 3.51. The minimum Gasteiger partial charge on any atom is -0.251 e. The lowest BCUT2D eigenvalue weighted by atomic mass is 9.76. The SMILES string of the molecule is CCCc1ccc([C@H]2CC[C@H](c3ccc(C(F)(F)F)nc3)CC2)cc1. The van der Waals surface area contributed by atoms with Gasteiger partial charge in [-0.2, -0.15) is 13.2 Å². The standard InChI is InChI=1S/C21H24F3N/c1-2-3-15-4-6-16(7-5-15)17-8-10-18(11-9-17)19-12-13-20(25-14-19)21(22,23)24/h4-7,12-14,17-18H,2-3,8-11H2,1H3/t17-,18-. The molecule has 1 saturated carbocycles. The van der Waals surface area contributed by atoms with Gasteiger partial charge in [-0.1, -0.05) is 43.7 Å². The molecule has 0 aliphatic heterocycles. The van der Waals surface area contributed by atoms with Crippen LogP contribution in [0.1, 0.15) is 73.2 Å². The van der Waals surface area contributed by atoms with E-state index in [9.17, 15) is 13.2 Å². The predicted molar refractivity (Wildman–Crippen MR) is 93.6 cm³/mol. The van der Waals surface area contributed by atoms with Crippen LogP contribution in [0.15, 0.2) is 42.6 Å². The highest BCUT2D eigenvalue weighted by Gasteiger charge is 2.32. The van der Waals surface area contributed by atoms with Crippen LogP contribution in [0.25, 0.3) is 0 Å². The van der Waals surface area contributed by atoms with Crippen molar-refractivity contribution in [3.05, 3.63) is 65.0 Å². The summed E-state index contributed by atoms with van der Waals surface area (Å²) in [6, 6.07) is 11.6. The predicted octanol–water partition coefficient (Wildman–Crippen LogP) is 6.49. The van der Waals surface area contributed by atoms with Gasteiger partial charge in [-0.25, -0.2) is 0 Å². The Morgan fingerprint density at radius 1 is 0.880 bits per heavy atom. The number of pyridine rings is 1. The van der Waals surface area contributed by atoms with Gasteiger partial charge < -0.3 is 0 Å². The van der Waals surface area contributed by atoms with E-state index >= 15 is 0 Å². The molecule has 0 N–H and O–H groups in total. The summed E-state index contributed by atoms with van der Waals surface area (Å²) < 4.78 is 37.8. The van der Waals surface area contributed by atoms with E-state index in [-0.39, 0.29) is 0 Å². The molecule has 1 aliphatic rings. The lowest BCUT2D eigenvalue weighted by Gasteiger charge is -2.29. The number of hydrogen-bond donors (Lipinski definition) is 0. The van der Waals surface area contributed by atoms with Gasteiger partial charge >= 0.3 is 6.18 Å². The molecule has 1 nitrogen and oxygen atoms in total. The van der Waals surface area contributed by atoms with Crippen molar-refractivity contribution in [1.29, 1.82) is 0 Å². The molecule has 1 aromatic heterocycles. The molecular formula is C21H24F3N. The maximum atomic E-state index is 12.6. The molecule has 0 unspecified atom stereocenters. The first-order valence-electron chi connectivity index (χ1n) is 9.09. The van der Waals surface area contributed by atoms with Crippen LogP contribution in [0, 0.1) is 0 Å². The topological polar surface area (TPSA) is 12.9 Å². The third kappa shape index (κ3) is 4.42. The molecule has 25 heavy (non-hydrogen) atoms. The lowest BCUT2D eigenvalue weighted by Crippen LogP contribution is -2.13. The summed E-state index contributed by atoms with van der Waals surface area (Å²) in [5.41, 5.74) is 2.90. The van der Waals surface area contributed by atoms with Gasteiger partial charge in [0.1, 0.15) is 5.69 Å². The summed E-state index contributed by atoms with van der Waals surface area (Å²) in [5, 5.41) is 0. The second-order valence-electron chi connectivity index (χ2n) is 7.01. The van der Waals surface area contributed by atoms with Crippen LogP contribution in [0.5, 0.6) is 0 Å². The number of aryl methyl sites for hydroxylation is 1. The van der Waals surface area contributed by atoms with Gasteiger partial charge in [-0.3, -0.25) is 4.98 Å². The molecule has 1 aromatic carbocycles. The Kier molecular flexibility index (Phi) is 5.45. The van der Waals surface area contributed by atoms with E-state index in [0.717, 1.165) is 50.2 Å². The van der Waals surface area contributed by atoms with Crippen LogP contribution in [0.4, 0.5) is 13.2 Å².